The van der Waals surface area contributed by atoms with Gasteiger partial charge in [-0.2, -0.15) is 0 Å². The van der Waals surface area contributed by atoms with Crippen molar-refractivity contribution >= 4 is 0 Å². The highest BCUT2D eigenvalue weighted by Crippen LogP contribution is 2.12. The van der Waals surface area contributed by atoms with Crippen molar-refractivity contribution in [1.29, 1.82) is 0 Å². The molecular weight excluding hydrogens is 304 g/mol. The van der Waals surface area contributed by atoms with E-state index in [0.717, 1.165) is 0 Å². The lowest BCUT2D eigenvalue weighted by atomic mass is 10.1. The van der Waals surface area contributed by atoms with Crippen molar-refractivity contribution in [2.45, 2.75) is 123 Å². The molecule has 0 aliphatic rings. The van der Waals surface area contributed by atoms with E-state index in [0.29, 0.717) is 0 Å². The van der Waals surface area contributed by atoms with Crippen LogP contribution in [-0.2, 0) is 20.0 Å². The molecule has 1 heterocycles. The summed E-state index contributed by atoms with van der Waals surface area (Å²) in [5, 5.41) is 0. The van der Waals surface area contributed by atoms with Crippen molar-refractivity contribution in [3.8, 4) is 0 Å². The van der Waals surface area contributed by atoms with Crippen molar-refractivity contribution < 1.29 is 4.57 Å². The Hall–Kier alpha value is -0.790. The summed E-state index contributed by atoms with van der Waals surface area (Å²) in [6.07, 6.45) is 26.8. The average molecular weight is 350 g/mol. The van der Waals surface area contributed by atoms with Crippen LogP contribution < -0.4 is 4.57 Å². The number of rotatable bonds is 17. The lowest BCUT2D eigenvalue weighted by Gasteiger charge is -2.04. The van der Waals surface area contributed by atoms with E-state index < -0.39 is 0 Å². The van der Waals surface area contributed by atoms with Crippen LogP contribution in [0.3, 0.4) is 0 Å². The summed E-state index contributed by atoms with van der Waals surface area (Å²) in [6, 6.07) is 0. The molecule has 0 aliphatic heterocycles. The van der Waals surface area contributed by atoms with Crippen LogP contribution in [0.1, 0.15) is 116 Å². The Bertz CT molecular complexity index is 408. The number of aryl methyl sites for hydroxylation is 2. The van der Waals surface area contributed by atoms with Crippen LogP contribution in [0.5, 0.6) is 0 Å². The van der Waals surface area contributed by atoms with Gasteiger partial charge in [0.15, 0.2) is 0 Å². The van der Waals surface area contributed by atoms with Gasteiger partial charge in [0.25, 0.3) is 5.82 Å². The third kappa shape index (κ3) is 10.7. The molecule has 1 aromatic rings. The van der Waals surface area contributed by atoms with Gasteiger partial charge in [-0.05, 0) is 19.3 Å². The first-order valence-corrected chi connectivity index (χ1v) is 11.3. The number of hydrogen-bond acceptors (Lipinski definition) is 0. The van der Waals surface area contributed by atoms with E-state index in [-0.39, 0.29) is 0 Å². The Morgan fingerprint density at radius 3 is 1.72 bits per heavy atom. The molecule has 0 fully saturated rings. The maximum Gasteiger partial charge on any atom is 0.256 e. The molecule has 0 amide bonds. The van der Waals surface area contributed by atoms with Crippen LogP contribution in [-0.4, -0.2) is 4.57 Å². The molecule has 0 spiro atoms. The quantitative estimate of drug-likeness (QED) is 0.217. The van der Waals surface area contributed by atoms with E-state index in [1.807, 2.05) is 0 Å². The molecule has 0 aliphatic carbocycles. The van der Waals surface area contributed by atoms with Crippen LogP contribution in [0, 0.1) is 0 Å². The van der Waals surface area contributed by atoms with E-state index in [1.165, 1.54) is 115 Å². The second-order valence-corrected chi connectivity index (χ2v) is 7.86. The molecule has 0 N–H and O–H groups in total. The van der Waals surface area contributed by atoms with Gasteiger partial charge in [0, 0.05) is 6.42 Å². The molecule has 1 aromatic heterocycles. The summed E-state index contributed by atoms with van der Waals surface area (Å²) >= 11 is 0. The Balaban J connectivity index is 2.13. The fourth-order valence-corrected chi connectivity index (χ4v) is 3.73. The van der Waals surface area contributed by atoms with Crippen molar-refractivity contribution in [1.82, 2.24) is 4.57 Å². The first-order valence-electron chi connectivity index (χ1n) is 11.3. The third-order valence-corrected chi connectivity index (χ3v) is 5.47. The monoisotopic (exact) mass is 349 g/mol. The summed E-state index contributed by atoms with van der Waals surface area (Å²) in [5.41, 5.74) is 0. The molecule has 0 aromatic carbocycles. The number of aromatic nitrogens is 2. The zero-order valence-corrected chi connectivity index (χ0v) is 17.6. The smallest absolute Gasteiger partial charge is 0.237 e. The molecule has 1 rings (SSSR count). The van der Waals surface area contributed by atoms with Crippen LogP contribution in [0.4, 0.5) is 0 Å². The predicted molar refractivity (Wildman–Crippen MR) is 110 cm³/mol. The molecule has 0 saturated heterocycles. The van der Waals surface area contributed by atoms with Crippen molar-refractivity contribution in [2.75, 3.05) is 0 Å². The van der Waals surface area contributed by atoms with Crippen LogP contribution in [0.2, 0.25) is 0 Å². The fourth-order valence-electron chi connectivity index (χ4n) is 3.73. The average Bonchev–Trinajstić information content (AvgIpc) is 2.96. The number of unbranched alkanes of at least 4 members (excludes halogenated alkanes) is 13. The Kier molecular flexibility index (Phi) is 13.8. The molecule has 0 unspecified atom stereocenters. The van der Waals surface area contributed by atoms with Gasteiger partial charge in [-0.15, -0.1) is 0 Å². The number of imidazole rings is 1. The Labute approximate surface area is 158 Å². The minimum absolute atomic E-state index is 1.21. The number of nitrogens with zero attached hydrogens (tertiary/aromatic N) is 2. The van der Waals surface area contributed by atoms with Crippen molar-refractivity contribution in [2.24, 2.45) is 7.05 Å². The standard InChI is InChI=1S/C23H45N2/c1-4-6-8-10-12-13-15-17-19-23-24(3)21-22-25(23)20-18-16-14-11-9-7-5-2/h21-22H,4-20H2,1-3H3/q+1. The SMILES string of the molecule is CCCCCCCCCCc1n(CCCCCCCCC)cc[n+]1C. The minimum Gasteiger partial charge on any atom is -0.237 e. The second kappa shape index (κ2) is 15.5. The lowest BCUT2D eigenvalue weighted by Crippen LogP contribution is -2.32. The highest BCUT2D eigenvalue weighted by atomic mass is 15.1. The molecular formula is C23H45N2+. The lowest BCUT2D eigenvalue weighted by molar-refractivity contribution is -0.678. The molecule has 2 nitrogen and oxygen atoms in total. The van der Waals surface area contributed by atoms with Gasteiger partial charge in [-0.3, -0.25) is 0 Å². The normalized spacial score (nSPS) is 11.3. The van der Waals surface area contributed by atoms with Gasteiger partial charge in [-0.25, -0.2) is 9.13 Å². The summed E-state index contributed by atoms with van der Waals surface area (Å²) in [7, 11) is 2.21. The van der Waals surface area contributed by atoms with Crippen LogP contribution in [0.25, 0.3) is 0 Å². The number of hydrogen-bond donors (Lipinski definition) is 0. The van der Waals surface area contributed by atoms with Gasteiger partial charge in [-0.1, -0.05) is 90.9 Å². The second-order valence-electron chi connectivity index (χ2n) is 7.86. The van der Waals surface area contributed by atoms with Gasteiger partial charge in [0.05, 0.1) is 13.6 Å². The van der Waals surface area contributed by atoms with E-state index in [2.05, 4.69) is 42.4 Å². The van der Waals surface area contributed by atoms with E-state index in [4.69, 9.17) is 0 Å². The molecule has 2 heteroatoms. The molecule has 0 saturated carbocycles. The summed E-state index contributed by atoms with van der Waals surface area (Å²) in [4.78, 5) is 0. The largest absolute Gasteiger partial charge is 0.256 e. The first-order chi connectivity index (χ1) is 12.3. The Morgan fingerprint density at radius 1 is 0.680 bits per heavy atom. The van der Waals surface area contributed by atoms with E-state index in [9.17, 15) is 0 Å². The topological polar surface area (TPSA) is 8.81 Å². The molecule has 0 bridgehead atoms. The van der Waals surface area contributed by atoms with Crippen molar-refractivity contribution in [3.63, 3.8) is 0 Å². The van der Waals surface area contributed by atoms with Gasteiger partial charge in [0.1, 0.15) is 12.4 Å². The summed E-state index contributed by atoms with van der Waals surface area (Å²) < 4.78 is 4.84. The third-order valence-electron chi connectivity index (χ3n) is 5.47. The maximum atomic E-state index is 2.51. The van der Waals surface area contributed by atoms with Gasteiger partial charge >= 0.3 is 0 Å². The van der Waals surface area contributed by atoms with Gasteiger partial charge < -0.3 is 0 Å². The molecule has 0 radical (unpaired) electrons. The van der Waals surface area contributed by atoms with Gasteiger partial charge in [0.2, 0.25) is 0 Å². The summed E-state index contributed by atoms with van der Waals surface area (Å²) in [5.74, 6) is 1.52. The highest BCUT2D eigenvalue weighted by molar-refractivity contribution is 4.84. The zero-order valence-electron chi connectivity index (χ0n) is 17.6. The first kappa shape index (κ1) is 22.3. The fraction of sp³-hybridized carbons (Fsp3) is 0.870. The molecule has 25 heavy (non-hydrogen) atoms. The van der Waals surface area contributed by atoms with Crippen molar-refractivity contribution in [3.05, 3.63) is 18.2 Å². The summed E-state index contributed by atoms with van der Waals surface area (Å²) in [6.45, 7) is 5.79. The Morgan fingerprint density at radius 2 is 1.16 bits per heavy atom. The minimum atomic E-state index is 1.21. The molecule has 0 atom stereocenters. The van der Waals surface area contributed by atoms with Crippen LogP contribution in [0.15, 0.2) is 12.4 Å². The zero-order chi connectivity index (χ0) is 18.2. The van der Waals surface area contributed by atoms with E-state index >= 15 is 0 Å². The van der Waals surface area contributed by atoms with Crippen LogP contribution >= 0.6 is 0 Å². The van der Waals surface area contributed by atoms with E-state index in [1.54, 1.807) is 0 Å². The molecule has 146 valence electrons. The highest BCUT2D eigenvalue weighted by Gasteiger charge is 2.13. The predicted octanol–water partition coefficient (Wildman–Crippen LogP) is 6.75. The maximum absolute atomic E-state index is 2.51.